The summed E-state index contributed by atoms with van der Waals surface area (Å²) in [5, 5.41) is 0. The number of nitrogens with zero attached hydrogens (tertiary/aromatic N) is 1. The monoisotopic (exact) mass is 577 g/mol. The molecule has 1 unspecified atom stereocenters. The molecule has 3 rings (SSSR count). The number of rotatable bonds is 11. The van der Waals surface area contributed by atoms with E-state index in [0.29, 0.717) is 39.5 Å². The molecule has 1 aliphatic heterocycles. The average Bonchev–Trinajstić information content (AvgIpc) is 3.11. The lowest BCUT2D eigenvalue weighted by Gasteiger charge is -2.24. The SMILES string of the molecule is CCCCCOc1c(Br)cc(/C=C2\SC(=S)N(C(C(=O)OC)c3ccccc3)C2=O)cc1OCC. The molecule has 35 heavy (non-hydrogen) atoms. The summed E-state index contributed by atoms with van der Waals surface area (Å²) in [4.78, 5) is 27.8. The molecule has 1 fully saturated rings. The smallest absolute Gasteiger partial charge is 0.333 e. The minimum absolute atomic E-state index is 0.292. The van der Waals surface area contributed by atoms with E-state index in [4.69, 9.17) is 26.4 Å². The first-order chi connectivity index (χ1) is 16.9. The van der Waals surface area contributed by atoms with Crippen molar-refractivity contribution in [1.29, 1.82) is 0 Å². The van der Waals surface area contributed by atoms with Crippen LogP contribution in [0.3, 0.4) is 0 Å². The van der Waals surface area contributed by atoms with E-state index in [0.717, 1.165) is 41.1 Å². The topological polar surface area (TPSA) is 65.1 Å². The van der Waals surface area contributed by atoms with Crippen LogP contribution in [-0.2, 0) is 14.3 Å². The highest BCUT2D eigenvalue weighted by molar-refractivity contribution is 9.10. The standard InChI is InChI=1S/C26H28BrNO5S2/c1-4-6-10-13-33-23-19(27)14-17(15-20(23)32-5-2)16-21-24(29)28(26(34)35-21)22(25(30)31-3)18-11-8-7-9-12-18/h7-9,11-12,14-16,22H,4-6,10,13H2,1-3H3/b21-16-. The van der Waals surface area contributed by atoms with Crippen molar-refractivity contribution in [2.24, 2.45) is 0 Å². The molecule has 0 spiro atoms. The minimum atomic E-state index is -0.954. The number of benzene rings is 2. The van der Waals surface area contributed by atoms with E-state index in [1.807, 2.05) is 25.1 Å². The maximum absolute atomic E-state index is 13.4. The van der Waals surface area contributed by atoms with Crippen molar-refractivity contribution < 1.29 is 23.8 Å². The molecule has 186 valence electrons. The van der Waals surface area contributed by atoms with E-state index >= 15 is 0 Å². The van der Waals surface area contributed by atoms with Gasteiger partial charge in [-0.15, -0.1) is 0 Å². The number of methoxy groups -OCH3 is 1. The Kier molecular flexibility index (Phi) is 10.2. The molecule has 9 heteroatoms. The van der Waals surface area contributed by atoms with Gasteiger partial charge in [0, 0.05) is 0 Å². The maximum atomic E-state index is 13.4. The van der Waals surface area contributed by atoms with E-state index in [2.05, 4.69) is 22.9 Å². The molecule has 0 radical (unpaired) electrons. The lowest BCUT2D eigenvalue weighted by Crippen LogP contribution is -2.37. The fourth-order valence-corrected chi connectivity index (χ4v) is 5.48. The third-order valence-corrected chi connectivity index (χ3v) is 7.16. The Labute approximate surface area is 224 Å². The van der Waals surface area contributed by atoms with Crippen LogP contribution in [0.5, 0.6) is 11.5 Å². The molecular formula is C26H28BrNO5S2. The highest BCUT2D eigenvalue weighted by Gasteiger charge is 2.41. The zero-order chi connectivity index (χ0) is 25.4. The summed E-state index contributed by atoms with van der Waals surface area (Å²) < 4.78 is 17.8. The van der Waals surface area contributed by atoms with Gasteiger partial charge in [-0.05, 0) is 58.6 Å². The molecule has 1 atom stereocenters. The van der Waals surface area contributed by atoms with E-state index in [9.17, 15) is 9.59 Å². The number of halogens is 1. The predicted octanol–water partition coefficient (Wildman–Crippen LogP) is 6.53. The van der Waals surface area contributed by atoms with Gasteiger partial charge in [0.2, 0.25) is 0 Å². The van der Waals surface area contributed by atoms with Crippen molar-refractivity contribution in [3.63, 3.8) is 0 Å². The fourth-order valence-electron chi connectivity index (χ4n) is 3.59. The van der Waals surface area contributed by atoms with Gasteiger partial charge in [-0.2, -0.15) is 0 Å². The Bertz CT molecular complexity index is 1110. The van der Waals surface area contributed by atoms with E-state index in [-0.39, 0.29) is 5.91 Å². The van der Waals surface area contributed by atoms with Crippen molar-refractivity contribution in [1.82, 2.24) is 4.90 Å². The number of carbonyl (C=O) groups excluding carboxylic acids is 2. The number of amides is 1. The van der Waals surface area contributed by atoms with Gasteiger partial charge in [0.15, 0.2) is 17.5 Å². The zero-order valence-electron chi connectivity index (χ0n) is 19.9. The largest absolute Gasteiger partial charge is 0.490 e. The van der Waals surface area contributed by atoms with E-state index in [1.165, 1.54) is 12.0 Å². The summed E-state index contributed by atoms with van der Waals surface area (Å²) in [6, 6.07) is 11.7. The summed E-state index contributed by atoms with van der Waals surface area (Å²) in [6.07, 6.45) is 4.91. The van der Waals surface area contributed by atoms with Gasteiger partial charge in [0.05, 0.1) is 29.7 Å². The molecule has 0 aliphatic carbocycles. The summed E-state index contributed by atoms with van der Waals surface area (Å²) in [5.41, 5.74) is 1.37. The van der Waals surface area contributed by atoms with Gasteiger partial charge in [0.1, 0.15) is 4.32 Å². The average molecular weight is 579 g/mol. The molecule has 1 heterocycles. The molecule has 1 saturated heterocycles. The summed E-state index contributed by atoms with van der Waals surface area (Å²) >= 11 is 10.2. The number of unbranched alkanes of at least 4 members (excludes halogenated alkanes) is 2. The third-order valence-electron chi connectivity index (χ3n) is 5.25. The number of esters is 1. The molecular weight excluding hydrogens is 550 g/mol. The highest BCUT2D eigenvalue weighted by atomic mass is 79.9. The molecule has 2 aromatic carbocycles. The Hall–Kier alpha value is -2.36. The van der Waals surface area contributed by atoms with Crippen LogP contribution in [0.15, 0.2) is 51.8 Å². The quantitative estimate of drug-likeness (QED) is 0.130. The van der Waals surface area contributed by atoms with Gasteiger partial charge < -0.3 is 14.2 Å². The highest BCUT2D eigenvalue weighted by Crippen LogP contribution is 2.41. The first-order valence-electron chi connectivity index (χ1n) is 11.4. The summed E-state index contributed by atoms with van der Waals surface area (Å²) in [7, 11) is 1.30. The van der Waals surface area contributed by atoms with Crippen molar-refractivity contribution in [3.8, 4) is 11.5 Å². The van der Waals surface area contributed by atoms with Crippen LogP contribution >= 0.6 is 39.9 Å². The van der Waals surface area contributed by atoms with Crippen molar-refractivity contribution in [2.45, 2.75) is 39.2 Å². The number of hydrogen-bond donors (Lipinski definition) is 0. The normalized spacial score (nSPS) is 15.4. The molecule has 0 saturated carbocycles. The molecule has 2 aromatic rings. The first kappa shape index (κ1) is 27.2. The number of thiocarbonyl (C=S) groups is 1. The second kappa shape index (κ2) is 13.1. The molecule has 0 aromatic heterocycles. The van der Waals surface area contributed by atoms with Crippen LogP contribution in [0.4, 0.5) is 0 Å². The lowest BCUT2D eigenvalue weighted by molar-refractivity contribution is -0.148. The number of thioether (sulfide) groups is 1. The third kappa shape index (κ3) is 6.65. The van der Waals surface area contributed by atoms with E-state index < -0.39 is 12.0 Å². The van der Waals surface area contributed by atoms with Gasteiger partial charge >= 0.3 is 5.97 Å². The Balaban J connectivity index is 1.91. The molecule has 0 bridgehead atoms. The van der Waals surface area contributed by atoms with Crippen molar-refractivity contribution in [2.75, 3.05) is 20.3 Å². The molecule has 1 amide bonds. The second-order valence-electron chi connectivity index (χ2n) is 7.71. The van der Waals surface area contributed by atoms with Gasteiger partial charge in [-0.1, -0.05) is 74.1 Å². The minimum Gasteiger partial charge on any atom is -0.490 e. The molecule has 0 N–H and O–H groups in total. The summed E-state index contributed by atoms with van der Waals surface area (Å²) in [5.74, 6) is 0.326. The number of carbonyl (C=O) groups is 2. The van der Waals surface area contributed by atoms with E-state index in [1.54, 1.807) is 30.3 Å². The Morgan fingerprint density at radius 3 is 2.57 bits per heavy atom. The lowest BCUT2D eigenvalue weighted by atomic mass is 10.1. The predicted molar refractivity (Wildman–Crippen MR) is 147 cm³/mol. The molecule has 1 aliphatic rings. The number of ether oxygens (including phenoxy) is 3. The molecule has 6 nitrogen and oxygen atoms in total. The van der Waals surface area contributed by atoms with Crippen LogP contribution in [0, 0.1) is 0 Å². The number of hydrogen-bond acceptors (Lipinski definition) is 7. The van der Waals surface area contributed by atoms with Crippen LogP contribution in [0.2, 0.25) is 0 Å². The van der Waals surface area contributed by atoms with Crippen LogP contribution in [0.25, 0.3) is 6.08 Å². The van der Waals surface area contributed by atoms with Crippen molar-refractivity contribution >= 4 is 62.2 Å². The van der Waals surface area contributed by atoms with Crippen LogP contribution in [0.1, 0.15) is 50.3 Å². The zero-order valence-corrected chi connectivity index (χ0v) is 23.1. The van der Waals surface area contributed by atoms with Gasteiger partial charge in [0.25, 0.3) is 5.91 Å². The van der Waals surface area contributed by atoms with Gasteiger partial charge in [-0.25, -0.2) is 4.79 Å². The van der Waals surface area contributed by atoms with Crippen LogP contribution in [-0.4, -0.2) is 41.4 Å². The van der Waals surface area contributed by atoms with Crippen LogP contribution < -0.4 is 9.47 Å². The summed E-state index contributed by atoms with van der Waals surface area (Å²) in [6.45, 7) is 5.12. The Morgan fingerprint density at radius 1 is 1.17 bits per heavy atom. The fraction of sp³-hybridized carbons (Fsp3) is 0.346. The van der Waals surface area contributed by atoms with Gasteiger partial charge in [-0.3, -0.25) is 9.69 Å². The Morgan fingerprint density at radius 2 is 1.91 bits per heavy atom. The first-order valence-corrected chi connectivity index (χ1v) is 13.4. The maximum Gasteiger partial charge on any atom is 0.333 e. The van der Waals surface area contributed by atoms with Crippen molar-refractivity contribution in [3.05, 3.63) is 63.0 Å². The second-order valence-corrected chi connectivity index (χ2v) is 10.2.